The monoisotopic (exact) mass is 234 g/mol. The average Bonchev–Trinajstić information content (AvgIpc) is 3.18. The van der Waals surface area contributed by atoms with Crippen LogP contribution in [0.15, 0.2) is 24.3 Å². The third kappa shape index (κ3) is 3.86. The van der Waals surface area contributed by atoms with E-state index >= 15 is 0 Å². The van der Waals surface area contributed by atoms with Gasteiger partial charge in [-0.25, -0.2) is 0 Å². The molecule has 0 bridgehead atoms. The Balaban J connectivity index is 1.74. The predicted molar refractivity (Wildman–Crippen MR) is 65.2 cm³/mol. The number of Topliss-reactive ketones (excluding diaryl/α,β-unsaturated/α-hetero) is 1. The van der Waals surface area contributed by atoms with Gasteiger partial charge in [-0.3, -0.25) is 4.79 Å². The Morgan fingerprint density at radius 1 is 1.29 bits per heavy atom. The van der Waals surface area contributed by atoms with Gasteiger partial charge in [0.1, 0.15) is 5.75 Å². The van der Waals surface area contributed by atoms with E-state index in [-0.39, 0.29) is 12.6 Å². The van der Waals surface area contributed by atoms with E-state index in [1.807, 2.05) is 19.1 Å². The van der Waals surface area contributed by atoms with E-state index in [9.17, 15) is 4.79 Å². The molecule has 1 fully saturated rings. The van der Waals surface area contributed by atoms with Crippen LogP contribution >= 0.6 is 0 Å². The lowest BCUT2D eigenvalue weighted by Gasteiger charge is -2.07. The number of hydrogen-bond donors (Lipinski definition) is 0. The lowest BCUT2D eigenvalue weighted by Crippen LogP contribution is -2.05. The molecule has 3 heteroatoms. The first-order valence-electron chi connectivity index (χ1n) is 6.13. The molecule has 0 unspecified atom stereocenters. The molecule has 92 valence electrons. The molecule has 0 aromatic heterocycles. The molecule has 0 N–H and O–H groups in total. The zero-order valence-corrected chi connectivity index (χ0v) is 10.1. The van der Waals surface area contributed by atoms with Gasteiger partial charge in [-0.2, -0.15) is 0 Å². The van der Waals surface area contributed by atoms with E-state index in [0.29, 0.717) is 6.42 Å². The summed E-state index contributed by atoms with van der Waals surface area (Å²) < 4.78 is 10.8. The number of carbonyl (C=O) groups excluding carboxylic acids is 1. The summed E-state index contributed by atoms with van der Waals surface area (Å²) in [4.78, 5) is 11.4. The molecule has 1 aliphatic rings. The van der Waals surface area contributed by atoms with Crippen LogP contribution in [0.1, 0.15) is 36.5 Å². The molecule has 2 rings (SSSR count). The smallest absolute Gasteiger partial charge is 0.189 e. The fourth-order valence-corrected chi connectivity index (χ4v) is 1.55. The van der Waals surface area contributed by atoms with Crippen LogP contribution in [0, 0.1) is 5.92 Å². The molecule has 0 amide bonds. The SMILES string of the molecule is CCC(=O)c1ccc(OCOCC2CC2)cc1. The minimum absolute atomic E-state index is 0.154. The first-order chi connectivity index (χ1) is 8.29. The van der Waals surface area contributed by atoms with Crippen molar-refractivity contribution >= 4 is 5.78 Å². The maximum absolute atomic E-state index is 11.4. The van der Waals surface area contributed by atoms with Crippen LogP contribution < -0.4 is 4.74 Å². The highest BCUT2D eigenvalue weighted by molar-refractivity contribution is 5.95. The third-order valence-corrected chi connectivity index (χ3v) is 2.86. The van der Waals surface area contributed by atoms with Crippen molar-refractivity contribution in [2.24, 2.45) is 5.92 Å². The van der Waals surface area contributed by atoms with Crippen molar-refractivity contribution in [2.75, 3.05) is 13.4 Å². The quantitative estimate of drug-likeness (QED) is 0.413. The largest absolute Gasteiger partial charge is 0.468 e. The first kappa shape index (κ1) is 12.1. The summed E-state index contributed by atoms with van der Waals surface area (Å²) in [5.74, 6) is 1.65. The molecule has 1 aromatic carbocycles. The fourth-order valence-electron chi connectivity index (χ4n) is 1.55. The molecule has 0 saturated heterocycles. The molecular formula is C14H18O3. The normalized spacial score (nSPS) is 14.6. The topological polar surface area (TPSA) is 35.5 Å². The summed E-state index contributed by atoms with van der Waals surface area (Å²) in [5.41, 5.74) is 0.735. The second kappa shape index (κ2) is 5.82. The van der Waals surface area contributed by atoms with Crippen molar-refractivity contribution in [1.29, 1.82) is 0 Å². The van der Waals surface area contributed by atoms with Crippen molar-refractivity contribution in [3.8, 4) is 5.75 Å². The van der Waals surface area contributed by atoms with Crippen LogP contribution in [0.2, 0.25) is 0 Å². The Morgan fingerprint density at radius 3 is 2.59 bits per heavy atom. The number of rotatable bonds is 7. The highest BCUT2D eigenvalue weighted by Crippen LogP contribution is 2.28. The molecule has 1 aliphatic carbocycles. The number of benzene rings is 1. The van der Waals surface area contributed by atoms with Gasteiger partial charge < -0.3 is 9.47 Å². The molecule has 0 aliphatic heterocycles. The van der Waals surface area contributed by atoms with Crippen LogP contribution in [0.5, 0.6) is 5.75 Å². The van der Waals surface area contributed by atoms with Gasteiger partial charge in [0.2, 0.25) is 0 Å². The number of carbonyl (C=O) groups is 1. The third-order valence-electron chi connectivity index (χ3n) is 2.86. The molecule has 1 aromatic rings. The molecule has 3 nitrogen and oxygen atoms in total. The Morgan fingerprint density at radius 2 is 2.00 bits per heavy atom. The van der Waals surface area contributed by atoms with Gasteiger partial charge in [-0.05, 0) is 43.0 Å². The van der Waals surface area contributed by atoms with Gasteiger partial charge in [0, 0.05) is 12.0 Å². The minimum Gasteiger partial charge on any atom is -0.468 e. The number of hydrogen-bond acceptors (Lipinski definition) is 3. The summed E-state index contributed by atoms with van der Waals surface area (Å²) in [7, 11) is 0. The molecule has 0 spiro atoms. The standard InChI is InChI=1S/C14H18O3/c1-2-14(15)12-5-7-13(8-6-12)17-10-16-9-11-3-4-11/h5-8,11H,2-4,9-10H2,1H3. The molecule has 0 atom stereocenters. The summed E-state index contributed by atoms with van der Waals surface area (Å²) in [6, 6.07) is 7.21. The fraction of sp³-hybridized carbons (Fsp3) is 0.500. The van der Waals surface area contributed by atoms with Gasteiger partial charge in [-0.1, -0.05) is 6.92 Å². The van der Waals surface area contributed by atoms with Gasteiger partial charge in [0.05, 0.1) is 6.61 Å². The molecule has 17 heavy (non-hydrogen) atoms. The Hall–Kier alpha value is -1.35. The maximum atomic E-state index is 11.4. The highest BCUT2D eigenvalue weighted by atomic mass is 16.7. The van der Waals surface area contributed by atoms with E-state index in [2.05, 4.69) is 0 Å². The predicted octanol–water partition coefficient (Wildman–Crippen LogP) is 3.04. The van der Waals surface area contributed by atoms with E-state index in [1.165, 1.54) is 12.8 Å². The van der Waals surface area contributed by atoms with Gasteiger partial charge >= 0.3 is 0 Å². The van der Waals surface area contributed by atoms with E-state index in [0.717, 1.165) is 23.8 Å². The van der Waals surface area contributed by atoms with Gasteiger partial charge in [-0.15, -0.1) is 0 Å². The summed E-state index contributed by atoms with van der Waals surface area (Å²) in [6.07, 6.45) is 3.10. The molecule has 0 heterocycles. The van der Waals surface area contributed by atoms with Crippen molar-refractivity contribution in [3.63, 3.8) is 0 Å². The second-order valence-corrected chi connectivity index (χ2v) is 4.38. The van der Waals surface area contributed by atoms with Crippen LogP contribution in [-0.2, 0) is 4.74 Å². The van der Waals surface area contributed by atoms with Crippen molar-refractivity contribution in [1.82, 2.24) is 0 Å². The number of ether oxygens (including phenoxy) is 2. The number of ketones is 1. The van der Waals surface area contributed by atoms with Crippen LogP contribution in [0.25, 0.3) is 0 Å². The highest BCUT2D eigenvalue weighted by Gasteiger charge is 2.21. The Bertz CT molecular complexity index is 366. The maximum Gasteiger partial charge on any atom is 0.189 e. The van der Waals surface area contributed by atoms with E-state index in [4.69, 9.17) is 9.47 Å². The summed E-state index contributed by atoms with van der Waals surface area (Å²) >= 11 is 0. The van der Waals surface area contributed by atoms with Crippen molar-refractivity contribution in [3.05, 3.63) is 29.8 Å². The summed E-state index contributed by atoms with van der Waals surface area (Å²) in [6.45, 7) is 2.95. The second-order valence-electron chi connectivity index (χ2n) is 4.38. The van der Waals surface area contributed by atoms with E-state index in [1.54, 1.807) is 12.1 Å². The molecule has 1 saturated carbocycles. The van der Waals surface area contributed by atoms with Gasteiger partial charge in [0.25, 0.3) is 0 Å². The Labute approximate surface area is 102 Å². The Kier molecular flexibility index (Phi) is 4.15. The summed E-state index contributed by atoms with van der Waals surface area (Å²) in [5, 5.41) is 0. The van der Waals surface area contributed by atoms with Crippen molar-refractivity contribution in [2.45, 2.75) is 26.2 Å². The molecule has 0 radical (unpaired) electrons. The van der Waals surface area contributed by atoms with Crippen LogP contribution in [0.3, 0.4) is 0 Å². The molecular weight excluding hydrogens is 216 g/mol. The first-order valence-corrected chi connectivity index (χ1v) is 6.13. The zero-order chi connectivity index (χ0) is 12.1. The average molecular weight is 234 g/mol. The van der Waals surface area contributed by atoms with Crippen LogP contribution in [-0.4, -0.2) is 19.2 Å². The minimum atomic E-state index is 0.154. The van der Waals surface area contributed by atoms with Gasteiger partial charge in [0.15, 0.2) is 12.6 Å². The lowest BCUT2D eigenvalue weighted by atomic mass is 10.1. The lowest BCUT2D eigenvalue weighted by molar-refractivity contribution is 0.00998. The van der Waals surface area contributed by atoms with E-state index < -0.39 is 0 Å². The van der Waals surface area contributed by atoms with Crippen molar-refractivity contribution < 1.29 is 14.3 Å². The van der Waals surface area contributed by atoms with Crippen LogP contribution in [0.4, 0.5) is 0 Å². The zero-order valence-electron chi connectivity index (χ0n) is 10.1.